The van der Waals surface area contributed by atoms with Crippen LogP contribution >= 0.6 is 12.2 Å². The predicted octanol–water partition coefficient (Wildman–Crippen LogP) is 9.68. The van der Waals surface area contributed by atoms with E-state index in [9.17, 15) is 0 Å². The molecule has 0 unspecified atom stereocenters. The van der Waals surface area contributed by atoms with Crippen LogP contribution in [0.15, 0.2) is 206 Å². The Labute approximate surface area is 356 Å². The van der Waals surface area contributed by atoms with Gasteiger partial charge in [0.2, 0.25) is 6.71 Å². The molecule has 0 aliphatic carbocycles. The highest BCUT2D eigenvalue weighted by Gasteiger charge is 2.51. The lowest BCUT2D eigenvalue weighted by atomic mass is 9.28. The van der Waals surface area contributed by atoms with Crippen molar-refractivity contribution >= 4 is 97.4 Å². The van der Waals surface area contributed by atoms with E-state index < -0.39 is 0 Å². The van der Waals surface area contributed by atoms with Gasteiger partial charge < -0.3 is 9.80 Å². The van der Waals surface area contributed by atoms with E-state index in [1.165, 1.54) is 94.6 Å². The molecule has 0 amide bonds. The van der Waals surface area contributed by atoms with Crippen molar-refractivity contribution in [1.29, 1.82) is 0 Å². The lowest BCUT2D eigenvalue weighted by Crippen LogP contribution is -2.69. The monoisotopic (exact) mass is 776 g/mol. The van der Waals surface area contributed by atoms with E-state index >= 15 is 0 Å². The minimum absolute atomic E-state index is 0.0146. The zero-order chi connectivity index (χ0) is 39.5. The Kier molecular flexibility index (Phi) is 7.25. The molecule has 0 radical (unpaired) electrons. The van der Waals surface area contributed by atoms with Crippen LogP contribution in [0.25, 0.3) is 33.4 Å². The van der Waals surface area contributed by atoms with Gasteiger partial charge in [0.15, 0.2) is 0 Å². The van der Waals surface area contributed by atoms with Crippen molar-refractivity contribution in [2.24, 2.45) is 0 Å². The van der Waals surface area contributed by atoms with Gasteiger partial charge in [-0.25, -0.2) is 0 Å². The number of rotatable bonds is 4. The second-order valence-corrected chi connectivity index (χ2v) is 16.7. The molecule has 4 aliphatic rings. The van der Waals surface area contributed by atoms with Crippen molar-refractivity contribution in [2.75, 3.05) is 9.80 Å². The summed E-state index contributed by atoms with van der Waals surface area (Å²) in [5.74, 6) is 0. The molecule has 0 fully saturated rings. The van der Waals surface area contributed by atoms with Crippen molar-refractivity contribution in [2.45, 2.75) is 0 Å². The number of thiocarbonyl (C=S) groups is 1. The number of anilines is 6. The zero-order valence-corrected chi connectivity index (χ0v) is 33.4. The van der Waals surface area contributed by atoms with Crippen LogP contribution in [-0.2, 0) is 0 Å². The average Bonchev–Trinajstić information content (AvgIpc) is 3.32. The van der Waals surface area contributed by atoms with Crippen molar-refractivity contribution in [3.63, 3.8) is 0 Å². The zero-order valence-electron chi connectivity index (χ0n) is 32.6. The summed E-state index contributed by atoms with van der Waals surface area (Å²) < 4.78 is 0. The van der Waals surface area contributed by atoms with Crippen LogP contribution in [0.1, 0.15) is 11.1 Å². The molecule has 0 bridgehead atoms. The molecular weight excluding hydrogens is 742 g/mol. The Balaban J connectivity index is 1.21. The van der Waals surface area contributed by atoms with E-state index in [1.54, 1.807) is 0 Å². The summed E-state index contributed by atoms with van der Waals surface area (Å²) in [6.45, 7) is 0.0675. The van der Waals surface area contributed by atoms with Crippen LogP contribution in [0, 0.1) is 0 Å². The molecule has 5 heteroatoms. The van der Waals surface area contributed by atoms with Crippen LogP contribution in [0.3, 0.4) is 0 Å². The number of hydrogen-bond acceptors (Lipinski definition) is 3. The first-order valence-corrected chi connectivity index (χ1v) is 21.2. The minimum atomic E-state index is 0.0146. The summed E-state index contributed by atoms with van der Waals surface area (Å²) in [6.07, 6.45) is 0. The van der Waals surface area contributed by atoms with Crippen molar-refractivity contribution in [3.8, 4) is 33.4 Å². The van der Waals surface area contributed by atoms with Gasteiger partial charge in [-0.15, -0.1) is 0 Å². The Morgan fingerprint density at radius 1 is 0.300 bits per heavy atom. The van der Waals surface area contributed by atoms with Gasteiger partial charge >= 0.3 is 0 Å². The van der Waals surface area contributed by atoms with Gasteiger partial charge in [0, 0.05) is 39.6 Å². The molecule has 13 rings (SSSR count). The van der Waals surface area contributed by atoms with Crippen LogP contribution in [0.2, 0.25) is 0 Å². The highest BCUT2D eigenvalue weighted by Crippen LogP contribution is 2.51. The summed E-state index contributed by atoms with van der Waals surface area (Å²) in [5.41, 5.74) is 24.5. The molecule has 0 spiro atoms. The summed E-state index contributed by atoms with van der Waals surface area (Å²) in [4.78, 5) is 6.09. The van der Waals surface area contributed by atoms with Gasteiger partial charge in [0.25, 0.3) is 6.71 Å². The molecule has 0 saturated carbocycles. The van der Waals surface area contributed by atoms with Gasteiger partial charge in [-0.3, -0.25) is 0 Å². The van der Waals surface area contributed by atoms with Gasteiger partial charge in [0.05, 0.1) is 10.6 Å². The third kappa shape index (κ3) is 4.64. The molecule has 0 aromatic heterocycles. The third-order valence-electron chi connectivity index (χ3n) is 13.2. The number of para-hydroxylation sites is 3. The molecule has 4 aliphatic heterocycles. The summed E-state index contributed by atoms with van der Waals surface area (Å²) in [5, 5.41) is 0. The van der Waals surface area contributed by atoms with E-state index in [0.717, 1.165) is 21.7 Å². The number of benzene rings is 9. The molecule has 9 aromatic carbocycles. The lowest BCUT2D eigenvalue weighted by molar-refractivity contribution is 1.26. The largest absolute Gasteiger partial charge is 0.312 e. The smallest absolute Gasteiger partial charge is 0.252 e. The Morgan fingerprint density at radius 2 is 0.717 bits per heavy atom. The SMILES string of the molecule is S=C1c2ccccc2B2c3ccccc3N3c4ccccc4B4c5ccccc5N(c5c(-c6ccccc6)cc(-c6ccccc6)cc5-c5ccccc5)c5cc1c2c3c54. The van der Waals surface area contributed by atoms with Crippen LogP contribution in [0.4, 0.5) is 34.1 Å². The van der Waals surface area contributed by atoms with E-state index in [4.69, 9.17) is 12.2 Å². The minimum Gasteiger partial charge on any atom is -0.312 e. The van der Waals surface area contributed by atoms with Gasteiger partial charge in [-0.1, -0.05) is 188 Å². The maximum absolute atomic E-state index is 6.64. The fourth-order valence-electron chi connectivity index (χ4n) is 10.8. The molecule has 0 atom stereocenters. The van der Waals surface area contributed by atoms with E-state index in [-0.39, 0.29) is 13.4 Å². The Bertz CT molecular complexity index is 3180. The quantitative estimate of drug-likeness (QED) is 0.130. The first-order chi connectivity index (χ1) is 29.7. The van der Waals surface area contributed by atoms with Gasteiger partial charge in [-0.05, 0) is 97.1 Å². The summed E-state index contributed by atoms with van der Waals surface area (Å²) in [6, 6.07) is 76.1. The third-order valence-corrected chi connectivity index (χ3v) is 13.7. The Morgan fingerprint density at radius 3 is 1.25 bits per heavy atom. The van der Waals surface area contributed by atoms with E-state index in [1.807, 2.05) is 0 Å². The summed E-state index contributed by atoms with van der Waals surface area (Å²) >= 11 is 6.64. The lowest BCUT2D eigenvalue weighted by Gasteiger charge is -2.50. The molecule has 60 heavy (non-hydrogen) atoms. The van der Waals surface area contributed by atoms with E-state index in [2.05, 4.69) is 216 Å². The molecule has 9 aromatic rings. The summed E-state index contributed by atoms with van der Waals surface area (Å²) in [7, 11) is 0. The van der Waals surface area contributed by atoms with Gasteiger partial charge in [-0.2, -0.15) is 0 Å². The molecule has 0 N–H and O–H groups in total. The van der Waals surface area contributed by atoms with Crippen molar-refractivity contribution in [3.05, 3.63) is 217 Å². The number of nitrogens with zero attached hydrogens (tertiary/aromatic N) is 2. The Hall–Kier alpha value is -7.20. The van der Waals surface area contributed by atoms with Crippen LogP contribution < -0.4 is 42.6 Å². The number of hydrogen-bond donors (Lipinski definition) is 0. The van der Waals surface area contributed by atoms with Gasteiger partial charge in [0.1, 0.15) is 0 Å². The van der Waals surface area contributed by atoms with Crippen molar-refractivity contribution < 1.29 is 0 Å². The molecule has 2 nitrogen and oxygen atoms in total. The molecule has 0 saturated heterocycles. The standard InChI is InChI=1S/C55H34B2N2S/c60-55-39-24-10-11-25-43(39)56-44-26-12-15-29-47(44)58-48-30-16-13-27-45(48)57-46-28-14-17-31-49(46)59(50-34-42(55)51(56)54(58)52(50)57)53-40(36-20-6-2-7-21-36)32-38(35-18-4-1-5-19-35)33-41(53)37-22-8-3-9-23-37/h1-34H. The normalized spacial score (nSPS) is 13.6. The van der Waals surface area contributed by atoms with Crippen molar-refractivity contribution in [1.82, 2.24) is 0 Å². The molecular formula is C55H34B2N2S. The molecule has 276 valence electrons. The maximum Gasteiger partial charge on any atom is 0.252 e. The fraction of sp³-hybridized carbons (Fsp3) is 0. The van der Waals surface area contributed by atoms with Crippen LogP contribution in [-0.4, -0.2) is 18.3 Å². The first kappa shape index (κ1) is 33.7. The predicted molar refractivity (Wildman–Crippen MR) is 259 cm³/mol. The average molecular weight is 777 g/mol. The maximum atomic E-state index is 6.64. The highest BCUT2D eigenvalue weighted by atomic mass is 32.1. The fourth-order valence-corrected chi connectivity index (χ4v) is 11.2. The highest BCUT2D eigenvalue weighted by molar-refractivity contribution is 7.81. The second-order valence-electron chi connectivity index (χ2n) is 16.3. The van der Waals surface area contributed by atoms with Crippen LogP contribution in [0.5, 0.6) is 0 Å². The topological polar surface area (TPSA) is 6.48 Å². The van der Waals surface area contributed by atoms with E-state index in [0.29, 0.717) is 0 Å². The molecule has 4 heterocycles. The first-order valence-electron chi connectivity index (χ1n) is 20.8. The number of fused-ring (bicyclic) bond motifs is 10. The second kappa shape index (κ2) is 12.9.